The number of nitrogens with one attached hydrogen (secondary N) is 1. The Hall–Kier alpha value is -2.30. The van der Waals surface area contributed by atoms with E-state index < -0.39 is 12.1 Å². The Morgan fingerprint density at radius 1 is 1.30 bits per heavy atom. The normalized spacial score (nSPS) is 17.6. The van der Waals surface area contributed by atoms with Crippen molar-refractivity contribution in [2.24, 2.45) is 0 Å². The van der Waals surface area contributed by atoms with E-state index in [4.69, 9.17) is 9.47 Å². The zero-order chi connectivity index (χ0) is 14.5. The van der Waals surface area contributed by atoms with E-state index in [1.807, 2.05) is 31.2 Å². The van der Waals surface area contributed by atoms with Gasteiger partial charge in [-0.25, -0.2) is 9.59 Å². The number of hydrogen-bond acceptors (Lipinski definition) is 4. The lowest BCUT2D eigenvalue weighted by Gasteiger charge is -2.12. The fourth-order valence-corrected chi connectivity index (χ4v) is 2.06. The molecule has 0 radical (unpaired) electrons. The van der Waals surface area contributed by atoms with Gasteiger partial charge in [-0.2, -0.15) is 0 Å². The summed E-state index contributed by atoms with van der Waals surface area (Å²) in [5, 5.41) is 2.62. The van der Waals surface area contributed by atoms with Crippen molar-refractivity contribution in [2.75, 3.05) is 13.7 Å². The minimum absolute atomic E-state index is 0.345. The Balaban J connectivity index is 2.47. The van der Waals surface area contributed by atoms with Crippen molar-refractivity contribution in [3.05, 3.63) is 41.1 Å². The molecule has 1 heterocycles. The summed E-state index contributed by atoms with van der Waals surface area (Å²) in [6.07, 6.45) is 0.691. The molecule has 1 saturated heterocycles. The van der Waals surface area contributed by atoms with Crippen molar-refractivity contribution in [1.82, 2.24) is 5.32 Å². The fourth-order valence-electron chi connectivity index (χ4n) is 2.06. The number of ether oxygens (including phenoxy) is 2. The first-order valence-corrected chi connectivity index (χ1v) is 6.44. The number of amides is 1. The largest absolute Gasteiger partial charge is 0.465 e. The lowest BCUT2D eigenvalue weighted by molar-refractivity contribution is -0.133. The van der Waals surface area contributed by atoms with Crippen LogP contribution in [-0.2, 0) is 14.3 Å². The molecule has 1 aliphatic heterocycles. The minimum atomic E-state index is -0.536. The second kappa shape index (κ2) is 6.23. The van der Waals surface area contributed by atoms with Gasteiger partial charge >= 0.3 is 12.1 Å². The Labute approximate surface area is 117 Å². The maximum Gasteiger partial charge on any atom is 0.411 e. The number of allylic oxidation sites excluding steroid dienone is 1. The zero-order valence-corrected chi connectivity index (χ0v) is 11.6. The van der Waals surface area contributed by atoms with Gasteiger partial charge in [-0.15, -0.1) is 0 Å². The van der Waals surface area contributed by atoms with Crippen molar-refractivity contribution in [3.63, 3.8) is 0 Å². The molecule has 1 aliphatic rings. The van der Waals surface area contributed by atoms with Gasteiger partial charge in [0.2, 0.25) is 0 Å². The summed E-state index contributed by atoms with van der Waals surface area (Å²) < 4.78 is 9.75. The molecule has 1 fully saturated rings. The van der Waals surface area contributed by atoms with Crippen LogP contribution in [0.1, 0.15) is 24.0 Å². The smallest absolute Gasteiger partial charge is 0.411 e. The number of aryl methyl sites for hydroxylation is 1. The predicted octanol–water partition coefficient (Wildman–Crippen LogP) is 2.40. The van der Waals surface area contributed by atoms with Gasteiger partial charge < -0.3 is 9.47 Å². The monoisotopic (exact) mass is 275 g/mol. The van der Waals surface area contributed by atoms with Crippen molar-refractivity contribution in [2.45, 2.75) is 19.8 Å². The molecular weight excluding hydrogens is 258 g/mol. The number of alkyl carbamates (subject to hydrolysis) is 1. The molecule has 0 spiro atoms. The molecule has 0 atom stereocenters. The van der Waals surface area contributed by atoms with Crippen LogP contribution >= 0.6 is 0 Å². The number of rotatable bonds is 2. The highest BCUT2D eigenvalue weighted by molar-refractivity contribution is 6.17. The molecule has 2 rings (SSSR count). The van der Waals surface area contributed by atoms with Gasteiger partial charge in [0.25, 0.3) is 0 Å². The van der Waals surface area contributed by atoms with Crippen LogP contribution in [0.15, 0.2) is 30.0 Å². The summed E-state index contributed by atoms with van der Waals surface area (Å²) in [6.45, 7) is 2.31. The number of cyclic esters (lactones) is 1. The molecule has 1 aromatic carbocycles. The van der Waals surface area contributed by atoms with E-state index in [-0.39, 0.29) is 0 Å². The Kier molecular flexibility index (Phi) is 4.40. The van der Waals surface area contributed by atoms with Crippen LogP contribution < -0.4 is 5.32 Å². The van der Waals surface area contributed by atoms with Crippen LogP contribution in [0.5, 0.6) is 0 Å². The molecule has 1 amide bonds. The van der Waals surface area contributed by atoms with E-state index in [0.717, 1.165) is 11.1 Å². The van der Waals surface area contributed by atoms with E-state index >= 15 is 0 Å². The molecule has 106 valence electrons. The van der Waals surface area contributed by atoms with E-state index in [1.165, 1.54) is 7.11 Å². The molecule has 5 nitrogen and oxygen atoms in total. The van der Waals surface area contributed by atoms with Crippen molar-refractivity contribution < 1.29 is 19.1 Å². The van der Waals surface area contributed by atoms with Gasteiger partial charge in [0.1, 0.15) is 0 Å². The van der Waals surface area contributed by atoms with Gasteiger partial charge in [-0.3, -0.25) is 5.32 Å². The zero-order valence-electron chi connectivity index (χ0n) is 11.6. The van der Waals surface area contributed by atoms with E-state index in [9.17, 15) is 9.59 Å². The Morgan fingerprint density at radius 3 is 2.65 bits per heavy atom. The number of carbonyl (C=O) groups is 2. The van der Waals surface area contributed by atoms with Gasteiger partial charge in [0.15, 0.2) is 0 Å². The van der Waals surface area contributed by atoms with Gasteiger partial charge in [-0.05, 0) is 25.3 Å². The van der Waals surface area contributed by atoms with Crippen LogP contribution in [0, 0.1) is 6.92 Å². The molecule has 0 aromatic heterocycles. The van der Waals surface area contributed by atoms with Crippen molar-refractivity contribution in [3.8, 4) is 0 Å². The fraction of sp³-hybridized carbons (Fsp3) is 0.333. The van der Waals surface area contributed by atoms with Crippen molar-refractivity contribution in [1.29, 1.82) is 0 Å². The summed E-state index contributed by atoms with van der Waals surface area (Å²) in [7, 11) is 1.33. The van der Waals surface area contributed by atoms with Crippen LogP contribution in [0.2, 0.25) is 0 Å². The summed E-state index contributed by atoms with van der Waals surface area (Å²) in [5.41, 5.74) is 2.74. The highest BCUT2D eigenvalue weighted by Crippen LogP contribution is 2.23. The summed E-state index contributed by atoms with van der Waals surface area (Å²) >= 11 is 0. The first-order chi connectivity index (χ1) is 9.61. The SMILES string of the molecule is COC(=O)/C(=C1/CCCOC(=O)N1)c1ccc(C)cc1. The molecule has 0 saturated carbocycles. The Bertz CT molecular complexity index is 545. The topological polar surface area (TPSA) is 64.6 Å². The first kappa shape index (κ1) is 14.1. The standard InChI is InChI=1S/C15H17NO4/c1-10-5-7-11(8-6-10)13(14(17)19-2)12-4-3-9-20-15(18)16-12/h5-8H,3-4,9H2,1-2H3,(H,16,18)/b13-12-. The van der Waals surface area contributed by atoms with Crippen LogP contribution in [-0.4, -0.2) is 25.8 Å². The van der Waals surface area contributed by atoms with Crippen LogP contribution in [0.3, 0.4) is 0 Å². The average molecular weight is 275 g/mol. The summed E-state index contributed by atoms with van der Waals surface area (Å²) in [5.74, 6) is -0.467. The second-order valence-electron chi connectivity index (χ2n) is 4.58. The van der Waals surface area contributed by atoms with Gasteiger partial charge in [0, 0.05) is 5.70 Å². The highest BCUT2D eigenvalue weighted by atomic mass is 16.5. The molecule has 0 bridgehead atoms. The number of esters is 1. The van der Waals surface area contributed by atoms with E-state index in [1.54, 1.807) is 0 Å². The maximum atomic E-state index is 12.0. The lowest BCUT2D eigenvalue weighted by atomic mass is 10.0. The minimum Gasteiger partial charge on any atom is -0.465 e. The van der Waals surface area contributed by atoms with Crippen LogP contribution in [0.4, 0.5) is 4.79 Å². The second-order valence-corrected chi connectivity index (χ2v) is 4.58. The average Bonchev–Trinajstić information content (AvgIpc) is 2.65. The van der Waals surface area contributed by atoms with E-state index in [2.05, 4.69) is 5.32 Å². The number of benzene rings is 1. The summed E-state index contributed by atoms with van der Waals surface area (Å²) in [6, 6.07) is 7.50. The Morgan fingerprint density at radius 2 is 2.00 bits per heavy atom. The maximum absolute atomic E-state index is 12.0. The molecule has 0 aliphatic carbocycles. The third-order valence-electron chi connectivity index (χ3n) is 3.09. The number of hydrogen-bond donors (Lipinski definition) is 1. The summed E-state index contributed by atoms with van der Waals surface area (Å²) in [4.78, 5) is 23.5. The number of carbonyl (C=O) groups excluding carboxylic acids is 2. The van der Waals surface area contributed by atoms with E-state index in [0.29, 0.717) is 30.7 Å². The van der Waals surface area contributed by atoms with Crippen molar-refractivity contribution >= 4 is 17.6 Å². The predicted molar refractivity (Wildman–Crippen MR) is 73.8 cm³/mol. The number of methoxy groups -OCH3 is 1. The third-order valence-corrected chi connectivity index (χ3v) is 3.09. The molecular formula is C15H17NO4. The molecule has 1 N–H and O–H groups in total. The quantitative estimate of drug-likeness (QED) is 0.665. The molecule has 1 aromatic rings. The molecule has 20 heavy (non-hydrogen) atoms. The van der Waals surface area contributed by atoms with Gasteiger partial charge in [-0.1, -0.05) is 29.8 Å². The first-order valence-electron chi connectivity index (χ1n) is 6.44. The highest BCUT2D eigenvalue weighted by Gasteiger charge is 2.22. The van der Waals surface area contributed by atoms with Gasteiger partial charge in [0.05, 0.1) is 19.3 Å². The third kappa shape index (κ3) is 3.17. The molecule has 5 heteroatoms. The lowest BCUT2D eigenvalue weighted by Crippen LogP contribution is -2.23. The molecule has 0 unspecified atom stereocenters. The van der Waals surface area contributed by atoms with Crippen LogP contribution in [0.25, 0.3) is 5.57 Å².